The number of thioether (sulfide) groups is 1. The Labute approximate surface area is 131 Å². The summed E-state index contributed by atoms with van der Waals surface area (Å²) in [7, 11) is 0. The van der Waals surface area contributed by atoms with Gasteiger partial charge in [-0.05, 0) is 12.1 Å². The van der Waals surface area contributed by atoms with Gasteiger partial charge in [-0.25, -0.2) is 4.79 Å². The summed E-state index contributed by atoms with van der Waals surface area (Å²) in [6.07, 6.45) is 0. The lowest BCUT2D eigenvalue weighted by atomic mass is 10.2. The van der Waals surface area contributed by atoms with Gasteiger partial charge in [-0.3, -0.25) is 0 Å². The van der Waals surface area contributed by atoms with E-state index in [9.17, 15) is 4.79 Å². The molecule has 1 heterocycles. The van der Waals surface area contributed by atoms with Gasteiger partial charge in [-0.2, -0.15) is 4.98 Å². The number of rotatable bonds is 5. The van der Waals surface area contributed by atoms with E-state index in [1.165, 1.54) is 11.8 Å². The second-order valence-corrected chi connectivity index (χ2v) is 5.48. The first-order chi connectivity index (χ1) is 10.7. The van der Waals surface area contributed by atoms with Crippen LogP contribution in [0.25, 0.3) is 11.4 Å². The van der Waals surface area contributed by atoms with Crippen LogP contribution in [-0.4, -0.2) is 21.2 Å². The Morgan fingerprint density at radius 2 is 1.82 bits per heavy atom. The second-order valence-electron chi connectivity index (χ2n) is 4.47. The van der Waals surface area contributed by atoms with Gasteiger partial charge in [0, 0.05) is 10.5 Å². The lowest BCUT2D eigenvalue weighted by Gasteiger charge is -2.02. The number of carbonyl (C=O) groups is 1. The van der Waals surface area contributed by atoms with Crippen LogP contribution in [0.2, 0.25) is 0 Å². The Morgan fingerprint density at radius 3 is 2.59 bits per heavy atom. The molecule has 3 rings (SSSR count). The minimum absolute atomic E-state index is 0.273. The fourth-order valence-electron chi connectivity index (χ4n) is 1.93. The van der Waals surface area contributed by atoms with Crippen molar-refractivity contribution in [1.29, 1.82) is 0 Å². The van der Waals surface area contributed by atoms with Crippen LogP contribution >= 0.6 is 11.8 Å². The van der Waals surface area contributed by atoms with Crippen LogP contribution in [0.5, 0.6) is 0 Å². The van der Waals surface area contributed by atoms with E-state index in [0.29, 0.717) is 22.4 Å². The summed E-state index contributed by atoms with van der Waals surface area (Å²) in [5.74, 6) is 0.467. The van der Waals surface area contributed by atoms with Gasteiger partial charge < -0.3 is 9.63 Å². The van der Waals surface area contributed by atoms with Crippen molar-refractivity contribution in [1.82, 2.24) is 10.1 Å². The molecule has 0 radical (unpaired) electrons. The molecule has 22 heavy (non-hydrogen) atoms. The van der Waals surface area contributed by atoms with Crippen molar-refractivity contribution in [3.05, 3.63) is 66.1 Å². The Morgan fingerprint density at radius 1 is 1.09 bits per heavy atom. The minimum Gasteiger partial charge on any atom is -0.478 e. The number of aromatic nitrogens is 2. The predicted octanol–water partition coefficient (Wildman–Crippen LogP) is 3.73. The Bertz CT molecular complexity index is 787. The number of nitrogens with zero attached hydrogens (tertiary/aromatic N) is 2. The zero-order valence-corrected chi connectivity index (χ0v) is 12.3. The third-order valence-electron chi connectivity index (χ3n) is 2.97. The van der Waals surface area contributed by atoms with Gasteiger partial charge in [0.2, 0.25) is 11.7 Å². The van der Waals surface area contributed by atoms with Gasteiger partial charge in [0.1, 0.15) is 0 Å². The van der Waals surface area contributed by atoms with Crippen molar-refractivity contribution in [3.63, 3.8) is 0 Å². The van der Waals surface area contributed by atoms with Crippen molar-refractivity contribution in [2.75, 3.05) is 0 Å². The highest BCUT2D eigenvalue weighted by molar-refractivity contribution is 7.98. The van der Waals surface area contributed by atoms with E-state index in [2.05, 4.69) is 10.1 Å². The largest absolute Gasteiger partial charge is 0.478 e. The Hall–Kier alpha value is -2.60. The fourth-order valence-corrected chi connectivity index (χ4v) is 2.81. The number of aromatic carboxylic acids is 1. The van der Waals surface area contributed by atoms with Crippen LogP contribution in [0.1, 0.15) is 16.2 Å². The minimum atomic E-state index is -0.946. The maximum Gasteiger partial charge on any atom is 0.336 e. The molecular formula is C16H12N2O3S. The summed E-state index contributed by atoms with van der Waals surface area (Å²) in [5, 5.41) is 13.1. The molecule has 0 saturated heterocycles. The average molecular weight is 312 g/mol. The standard InChI is InChI=1S/C16H12N2O3S/c19-16(20)12-8-4-5-9-13(12)22-10-14-17-15(18-21-14)11-6-2-1-3-7-11/h1-9H,10H2,(H,19,20). The van der Waals surface area contributed by atoms with Crippen LogP contribution in [0, 0.1) is 0 Å². The number of carboxylic acids is 1. The molecule has 5 nitrogen and oxygen atoms in total. The fraction of sp³-hybridized carbons (Fsp3) is 0.0625. The summed E-state index contributed by atoms with van der Waals surface area (Å²) < 4.78 is 5.21. The molecule has 0 fully saturated rings. The van der Waals surface area contributed by atoms with Crippen LogP contribution < -0.4 is 0 Å². The molecule has 0 amide bonds. The van der Waals surface area contributed by atoms with Crippen molar-refractivity contribution < 1.29 is 14.4 Å². The van der Waals surface area contributed by atoms with Gasteiger partial charge in [0.25, 0.3) is 0 Å². The van der Waals surface area contributed by atoms with Crippen molar-refractivity contribution in [2.45, 2.75) is 10.6 Å². The highest BCUT2D eigenvalue weighted by Crippen LogP contribution is 2.26. The molecule has 1 N–H and O–H groups in total. The molecule has 2 aromatic carbocycles. The number of carboxylic acid groups (broad SMARTS) is 1. The first-order valence-corrected chi connectivity index (χ1v) is 7.56. The van der Waals surface area contributed by atoms with E-state index >= 15 is 0 Å². The zero-order valence-electron chi connectivity index (χ0n) is 11.5. The van der Waals surface area contributed by atoms with Crippen LogP contribution in [0.15, 0.2) is 64.0 Å². The average Bonchev–Trinajstić information content (AvgIpc) is 3.03. The molecule has 6 heteroatoms. The lowest BCUT2D eigenvalue weighted by molar-refractivity contribution is 0.0693. The van der Waals surface area contributed by atoms with Crippen LogP contribution in [0.3, 0.4) is 0 Å². The van der Waals surface area contributed by atoms with Gasteiger partial charge in [0.05, 0.1) is 11.3 Å². The summed E-state index contributed by atoms with van der Waals surface area (Å²) >= 11 is 1.36. The molecular weight excluding hydrogens is 300 g/mol. The summed E-state index contributed by atoms with van der Waals surface area (Å²) in [5.41, 5.74) is 1.16. The molecule has 110 valence electrons. The number of benzene rings is 2. The zero-order chi connectivity index (χ0) is 15.4. The molecule has 0 saturated carbocycles. The van der Waals surface area contributed by atoms with Gasteiger partial charge >= 0.3 is 5.97 Å². The third kappa shape index (κ3) is 3.17. The number of hydrogen-bond acceptors (Lipinski definition) is 5. The van der Waals surface area contributed by atoms with E-state index in [0.717, 1.165) is 5.56 Å². The first kappa shape index (κ1) is 14.3. The van der Waals surface area contributed by atoms with Gasteiger partial charge in [-0.1, -0.05) is 47.6 Å². The number of hydrogen-bond donors (Lipinski definition) is 1. The molecule has 0 bridgehead atoms. The normalized spacial score (nSPS) is 10.5. The van der Waals surface area contributed by atoms with Crippen LogP contribution in [-0.2, 0) is 5.75 Å². The molecule has 0 unspecified atom stereocenters. The monoisotopic (exact) mass is 312 g/mol. The van der Waals surface area contributed by atoms with Crippen molar-refractivity contribution in [2.24, 2.45) is 0 Å². The SMILES string of the molecule is O=C(O)c1ccccc1SCc1nc(-c2ccccc2)no1. The maximum absolute atomic E-state index is 11.2. The molecule has 0 atom stereocenters. The van der Waals surface area contributed by atoms with E-state index in [4.69, 9.17) is 9.63 Å². The van der Waals surface area contributed by atoms with Crippen molar-refractivity contribution in [3.8, 4) is 11.4 Å². The molecule has 3 aromatic rings. The summed E-state index contributed by atoms with van der Waals surface area (Å²) in [6.45, 7) is 0. The molecule has 0 aliphatic carbocycles. The van der Waals surface area contributed by atoms with Crippen LogP contribution in [0.4, 0.5) is 0 Å². The Balaban J connectivity index is 1.73. The topological polar surface area (TPSA) is 76.2 Å². The highest BCUT2D eigenvalue weighted by Gasteiger charge is 2.12. The quantitative estimate of drug-likeness (QED) is 0.723. The first-order valence-electron chi connectivity index (χ1n) is 6.57. The third-order valence-corrected chi connectivity index (χ3v) is 4.03. The molecule has 0 aliphatic heterocycles. The van der Waals surface area contributed by atoms with Gasteiger partial charge in [-0.15, -0.1) is 11.8 Å². The van der Waals surface area contributed by atoms with Gasteiger partial charge in [0.15, 0.2) is 0 Å². The molecule has 0 aliphatic rings. The van der Waals surface area contributed by atoms with E-state index in [1.54, 1.807) is 24.3 Å². The smallest absolute Gasteiger partial charge is 0.336 e. The summed E-state index contributed by atoms with van der Waals surface area (Å²) in [4.78, 5) is 16.2. The summed E-state index contributed by atoms with van der Waals surface area (Å²) in [6, 6.07) is 16.4. The van der Waals surface area contributed by atoms with E-state index < -0.39 is 5.97 Å². The Kier molecular flexibility index (Phi) is 4.20. The van der Waals surface area contributed by atoms with Crippen molar-refractivity contribution >= 4 is 17.7 Å². The molecule has 0 spiro atoms. The predicted molar refractivity (Wildman–Crippen MR) is 82.7 cm³/mol. The second kappa shape index (κ2) is 6.44. The molecule has 1 aromatic heterocycles. The lowest BCUT2D eigenvalue weighted by Crippen LogP contribution is -1.98. The van der Waals surface area contributed by atoms with E-state index in [-0.39, 0.29) is 5.56 Å². The van der Waals surface area contributed by atoms with E-state index in [1.807, 2.05) is 30.3 Å². The highest BCUT2D eigenvalue weighted by atomic mass is 32.2. The maximum atomic E-state index is 11.2.